The number of hydrogen-bond donors (Lipinski definition) is 0. The summed E-state index contributed by atoms with van der Waals surface area (Å²) in [7, 11) is 0. The molecular formula is C40H39NO. The lowest BCUT2D eigenvalue weighted by molar-refractivity contribution is 0.339. The van der Waals surface area contributed by atoms with E-state index in [2.05, 4.69) is 147 Å². The van der Waals surface area contributed by atoms with Gasteiger partial charge in [-0.05, 0) is 111 Å². The number of hydrogen-bond acceptors (Lipinski definition) is 2. The molecule has 2 heteroatoms. The van der Waals surface area contributed by atoms with Gasteiger partial charge in [-0.15, -0.1) is 0 Å². The number of nitrogens with zero attached hydrogens (tertiary/aromatic N) is 1. The van der Waals surface area contributed by atoms with Crippen LogP contribution in [0.15, 0.2) is 115 Å². The van der Waals surface area contributed by atoms with E-state index in [-0.39, 0.29) is 0 Å². The Morgan fingerprint density at radius 2 is 1.36 bits per heavy atom. The van der Waals surface area contributed by atoms with Gasteiger partial charge in [0, 0.05) is 28.7 Å². The lowest BCUT2D eigenvalue weighted by Gasteiger charge is -2.30. The molecule has 0 saturated heterocycles. The fourth-order valence-corrected chi connectivity index (χ4v) is 5.99. The van der Waals surface area contributed by atoms with Crippen molar-refractivity contribution in [3.63, 3.8) is 0 Å². The number of benzene rings is 5. The summed E-state index contributed by atoms with van der Waals surface area (Å²) in [6.07, 6.45) is 7.05. The van der Waals surface area contributed by atoms with Crippen LogP contribution in [0.4, 0.5) is 17.1 Å². The van der Waals surface area contributed by atoms with Crippen LogP contribution < -0.4 is 9.64 Å². The van der Waals surface area contributed by atoms with E-state index in [4.69, 9.17) is 4.74 Å². The quantitative estimate of drug-likeness (QED) is 0.179. The van der Waals surface area contributed by atoms with Crippen molar-refractivity contribution in [3.8, 4) is 5.75 Å². The summed E-state index contributed by atoms with van der Waals surface area (Å²) in [6, 6.07) is 41.8. The maximum Gasteiger partial charge on any atom is 0.128 e. The Morgan fingerprint density at radius 1 is 0.690 bits per heavy atom. The van der Waals surface area contributed by atoms with Crippen molar-refractivity contribution < 1.29 is 4.74 Å². The lowest BCUT2D eigenvalue weighted by Crippen LogP contribution is -2.15. The Bertz CT molecular complexity index is 1630. The van der Waals surface area contributed by atoms with E-state index in [9.17, 15) is 0 Å². The number of anilines is 3. The van der Waals surface area contributed by atoms with E-state index in [0.717, 1.165) is 35.5 Å². The van der Waals surface area contributed by atoms with Crippen molar-refractivity contribution in [3.05, 3.63) is 154 Å². The van der Waals surface area contributed by atoms with E-state index >= 15 is 0 Å². The summed E-state index contributed by atoms with van der Waals surface area (Å²) in [5, 5.41) is 0. The molecule has 1 aliphatic carbocycles. The highest BCUT2D eigenvalue weighted by Gasteiger charge is 2.21. The standard InChI is InChI=1S/C40H39NO/c1-4-42-40-28-36(41(35-13-6-5-7-14-35)39-16-10-12-31-11-8-9-15-37(31)39)26-25-34(40)27-38(32-21-17-29(2)18-22-32)33-23-19-30(3)20-24-33/h5-7,10,12-14,16-28H,4,8-9,11,15H2,1-3H3. The molecule has 1 aliphatic rings. The molecule has 0 atom stereocenters. The highest BCUT2D eigenvalue weighted by atomic mass is 16.5. The minimum Gasteiger partial charge on any atom is -0.493 e. The molecule has 0 aliphatic heterocycles. The maximum atomic E-state index is 6.35. The first-order chi connectivity index (χ1) is 20.6. The third-order valence-electron chi connectivity index (χ3n) is 8.21. The number of para-hydroxylation sites is 1. The SMILES string of the molecule is CCOc1cc(N(c2ccccc2)c2cccc3c2CCCC3)ccc1C=C(c1ccc(C)cc1)c1ccc(C)cc1. The molecule has 0 bridgehead atoms. The second kappa shape index (κ2) is 12.5. The molecule has 5 aromatic carbocycles. The smallest absolute Gasteiger partial charge is 0.128 e. The average Bonchev–Trinajstić information content (AvgIpc) is 3.03. The molecule has 0 fully saturated rings. The van der Waals surface area contributed by atoms with Crippen LogP contribution in [-0.2, 0) is 12.8 Å². The van der Waals surface area contributed by atoms with Gasteiger partial charge in [0.1, 0.15) is 5.75 Å². The molecule has 0 radical (unpaired) electrons. The zero-order valence-corrected chi connectivity index (χ0v) is 24.9. The number of fused-ring (bicyclic) bond motifs is 1. The second-order valence-corrected chi connectivity index (χ2v) is 11.2. The molecule has 2 nitrogen and oxygen atoms in total. The predicted molar refractivity (Wildman–Crippen MR) is 178 cm³/mol. The third kappa shape index (κ3) is 5.90. The third-order valence-corrected chi connectivity index (χ3v) is 8.21. The molecular weight excluding hydrogens is 510 g/mol. The van der Waals surface area contributed by atoms with Crippen LogP contribution in [0.3, 0.4) is 0 Å². The summed E-state index contributed by atoms with van der Waals surface area (Å²) in [5.74, 6) is 0.887. The minimum absolute atomic E-state index is 0.598. The van der Waals surface area contributed by atoms with E-state index < -0.39 is 0 Å². The Balaban J connectivity index is 1.50. The molecule has 6 rings (SSSR count). The van der Waals surface area contributed by atoms with Gasteiger partial charge in [0.15, 0.2) is 0 Å². The van der Waals surface area contributed by atoms with E-state index in [1.807, 2.05) is 0 Å². The summed E-state index contributed by atoms with van der Waals surface area (Å²) >= 11 is 0. The molecule has 0 spiro atoms. The van der Waals surface area contributed by atoms with Gasteiger partial charge in [0.25, 0.3) is 0 Å². The number of aryl methyl sites for hydroxylation is 3. The topological polar surface area (TPSA) is 12.5 Å². The van der Waals surface area contributed by atoms with Crippen molar-refractivity contribution in [2.45, 2.75) is 46.5 Å². The van der Waals surface area contributed by atoms with Crippen LogP contribution in [-0.4, -0.2) is 6.61 Å². The van der Waals surface area contributed by atoms with Gasteiger partial charge in [-0.1, -0.05) is 90.0 Å². The first kappa shape index (κ1) is 27.6. The molecule has 0 amide bonds. The fraction of sp³-hybridized carbons (Fsp3) is 0.200. The maximum absolute atomic E-state index is 6.35. The van der Waals surface area contributed by atoms with Crippen molar-refractivity contribution in [2.75, 3.05) is 11.5 Å². The molecule has 210 valence electrons. The van der Waals surface area contributed by atoms with E-state index in [0.29, 0.717) is 6.61 Å². The summed E-state index contributed by atoms with van der Waals surface area (Å²) in [4.78, 5) is 2.40. The normalized spacial score (nSPS) is 12.4. The van der Waals surface area contributed by atoms with Gasteiger partial charge in [-0.3, -0.25) is 0 Å². The van der Waals surface area contributed by atoms with Crippen LogP contribution in [0.1, 0.15) is 58.7 Å². The molecule has 0 N–H and O–H groups in total. The van der Waals surface area contributed by atoms with Crippen LogP contribution in [0.5, 0.6) is 5.75 Å². The van der Waals surface area contributed by atoms with Crippen LogP contribution in [0, 0.1) is 13.8 Å². The van der Waals surface area contributed by atoms with Gasteiger partial charge in [-0.25, -0.2) is 0 Å². The highest BCUT2D eigenvalue weighted by Crippen LogP contribution is 2.42. The monoisotopic (exact) mass is 549 g/mol. The first-order valence-electron chi connectivity index (χ1n) is 15.2. The molecule has 42 heavy (non-hydrogen) atoms. The molecule has 0 saturated carbocycles. The van der Waals surface area contributed by atoms with E-state index in [1.54, 1.807) is 0 Å². The van der Waals surface area contributed by atoms with Crippen molar-refractivity contribution >= 4 is 28.7 Å². The summed E-state index contributed by atoms with van der Waals surface area (Å²) in [5.41, 5.74) is 13.6. The first-order valence-corrected chi connectivity index (χ1v) is 15.2. The van der Waals surface area contributed by atoms with Crippen molar-refractivity contribution in [1.29, 1.82) is 0 Å². The van der Waals surface area contributed by atoms with Crippen LogP contribution in [0.2, 0.25) is 0 Å². The average molecular weight is 550 g/mol. The minimum atomic E-state index is 0.598. The Hall–Kier alpha value is -4.56. The van der Waals surface area contributed by atoms with Gasteiger partial charge in [0.05, 0.1) is 6.61 Å². The van der Waals surface area contributed by atoms with E-state index in [1.165, 1.54) is 57.5 Å². The predicted octanol–water partition coefficient (Wildman–Crippen LogP) is 10.6. The van der Waals surface area contributed by atoms with Gasteiger partial charge in [-0.2, -0.15) is 0 Å². The van der Waals surface area contributed by atoms with Crippen LogP contribution in [0.25, 0.3) is 11.6 Å². The van der Waals surface area contributed by atoms with Gasteiger partial charge >= 0.3 is 0 Å². The zero-order valence-electron chi connectivity index (χ0n) is 24.9. The largest absolute Gasteiger partial charge is 0.493 e. The Kier molecular flexibility index (Phi) is 8.23. The lowest BCUT2D eigenvalue weighted by atomic mass is 9.89. The highest BCUT2D eigenvalue weighted by molar-refractivity contribution is 5.93. The molecule has 0 heterocycles. The summed E-state index contributed by atoms with van der Waals surface area (Å²) in [6.45, 7) is 6.92. The molecule has 0 aromatic heterocycles. The Labute approximate surface area is 250 Å². The zero-order chi connectivity index (χ0) is 28.9. The summed E-state index contributed by atoms with van der Waals surface area (Å²) < 4.78 is 6.35. The number of ether oxygens (including phenoxy) is 1. The van der Waals surface area contributed by atoms with Crippen molar-refractivity contribution in [2.24, 2.45) is 0 Å². The second-order valence-electron chi connectivity index (χ2n) is 11.2. The van der Waals surface area contributed by atoms with Gasteiger partial charge < -0.3 is 9.64 Å². The molecule has 5 aromatic rings. The fourth-order valence-electron chi connectivity index (χ4n) is 5.99. The number of rotatable bonds is 8. The van der Waals surface area contributed by atoms with Crippen molar-refractivity contribution in [1.82, 2.24) is 0 Å². The Morgan fingerprint density at radius 3 is 2.02 bits per heavy atom. The van der Waals surface area contributed by atoms with Crippen LogP contribution >= 0.6 is 0 Å². The van der Waals surface area contributed by atoms with Gasteiger partial charge in [0.2, 0.25) is 0 Å². The molecule has 0 unspecified atom stereocenters.